The van der Waals surface area contributed by atoms with Crippen molar-refractivity contribution >= 4 is 40.9 Å². The van der Waals surface area contributed by atoms with Gasteiger partial charge in [-0.1, -0.05) is 0 Å². The number of nitrogens with zero attached hydrogens (tertiary/aromatic N) is 4. The number of carbonyl (C=O) groups excluding carboxylic acids is 2. The number of thiocarbonyl (C=S) groups is 1. The molecule has 2 heterocycles. The van der Waals surface area contributed by atoms with Crippen molar-refractivity contribution in [2.24, 2.45) is 4.99 Å². The number of hydrogen-bond donors (Lipinski definition) is 0. The van der Waals surface area contributed by atoms with Crippen LogP contribution in [0.1, 0.15) is 20.8 Å². The lowest BCUT2D eigenvalue weighted by molar-refractivity contribution is 0.0240. The zero-order valence-electron chi connectivity index (χ0n) is 17.3. The molecule has 3 rings (SSSR count). The van der Waals surface area contributed by atoms with E-state index < -0.39 is 23.6 Å². The Balaban J connectivity index is 1.62. The van der Waals surface area contributed by atoms with Crippen LogP contribution in [0.25, 0.3) is 0 Å². The fourth-order valence-electron chi connectivity index (χ4n) is 3.34. The summed E-state index contributed by atoms with van der Waals surface area (Å²) in [4.78, 5) is 32.9. The van der Waals surface area contributed by atoms with Gasteiger partial charge >= 0.3 is 12.2 Å². The SMILES string of the molecule is CC(C)(C)OC(=O)N1CCN(c2ccc(N3C[C@H](CN=C=S)OC3=O)cc2F)CC1. The molecule has 8 nitrogen and oxygen atoms in total. The highest BCUT2D eigenvalue weighted by atomic mass is 32.1. The van der Waals surface area contributed by atoms with E-state index in [0.29, 0.717) is 37.6 Å². The van der Waals surface area contributed by atoms with Gasteiger partial charge in [0, 0.05) is 26.2 Å². The minimum atomic E-state index is -0.554. The Morgan fingerprint density at radius 2 is 2.03 bits per heavy atom. The van der Waals surface area contributed by atoms with Gasteiger partial charge in [0.1, 0.15) is 17.5 Å². The molecule has 2 fully saturated rings. The second-order valence-electron chi connectivity index (χ2n) is 8.14. The van der Waals surface area contributed by atoms with Gasteiger partial charge in [0.25, 0.3) is 0 Å². The third kappa shape index (κ3) is 5.25. The number of amides is 2. The highest BCUT2D eigenvalue weighted by Crippen LogP contribution is 2.28. The summed E-state index contributed by atoms with van der Waals surface area (Å²) in [5, 5.41) is 2.24. The Kier molecular flexibility index (Phi) is 6.58. The summed E-state index contributed by atoms with van der Waals surface area (Å²) < 4.78 is 25.4. The number of carbonyl (C=O) groups is 2. The van der Waals surface area contributed by atoms with Crippen molar-refractivity contribution in [3.63, 3.8) is 0 Å². The van der Waals surface area contributed by atoms with Gasteiger partial charge in [0.2, 0.25) is 0 Å². The quantitative estimate of drug-likeness (QED) is 0.533. The van der Waals surface area contributed by atoms with E-state index in [1.54, 1.807) is 17.0 Å². The topological polar surface area (TPSA) is 74.7 Å². The molecular weight excluding hydrogens is 411 g/mol. The van der Waals surface area contributed by atoms with E-state index in [9.17, 15) is 14.0 Å². The lowest BCUT2D eigenvalue weighted by Crippen LogP contribution is -2.50. The summed E-state index contributed by atoms with van der Waals surface area (Å²) in [6, 6.07) is 4.65. The van der Waals surface area contributed by atoms with Crippen molar-refractivity contribution in [3.8, 4) is 0 Å². The average Bonchev–Trinajstić information content (AvgIpc) is 3.05. The Morgan fingerprint density at radius 1 is 1.33 bits per heavy atom. The van der Waals surface area contributed by atoms with Crippen LogP contribution in [0, 0.1) is 5.82 Å². The molecule has 0 bridgehead atoms. The largest absolute Gasteiger partial charge is 0.444 e. The van der Waals surface area contributed by atoms with Gasteiger partial charge in [-0.25, -0.2) is 19.0 Å². The van der Waals surface area contributed by atoms with E-state index in [1.165, 1.54) is 11.0 Å². The van der Waals surface area contributed by atoms with Crippen LogP contribution in [-0.4, -0.2) is 73.2 Å². The molecule has 30 heavy (non-hydrogen) atoms. The normalized spacial score (nSPS) is 19.4. The predicted molar refractivity (Wildman–Crippen MR) is 114 cm³/mol. The first kappa shape index (κ1) is 22.0. The van der Waals surface area contributed by atoms with Crippen LogP contribution in [0.4, 0.5) is 25.4 Å². The minimum absolute atomic E-state index is 0.230. The molecule has 1 atom stereocenters. The Hall–Kier alpha value is -2.71. The Morgan fingerprint density at radius 3 is 2.63 bits per heavy atom. The molecule has 2 saturated heterocycles. The number of ether oxygens (including phenoxy) is 2. The monoisotopic (exact) mass is 436 g/mol. The van der Waals surface area contributed by atoms with Crippen molar-refractivity contribution in [2.75, 3.05) is 49.1 Å². The van der Waals surface area contributed by atoms with Gasteiger partial charge in [-0.15, -0.1) is 0 Å². The smallest absolute Gasteiger partial charge is 0.414 e. The number of piperazine rings is 1. The number of halogens is 1. The van der Waals surface area contributed by atoms with E-state index in [1.807, 2.05) is 25.7 Å². The van der Waals surface area contributed by atoms with E-state index >= 15 is 0 Å². The van der Waals surface area contributed by atoms with E-state index in [4.69, 9.17) is 9.47 Å². The summed E-state index contributed by atoms with van der Waals surface area (Å²) >= 11 is 4.52. The molecule has 0 radical (unpaired) electrons. The number of aliphatic imine (C=N–C) groups is 1. The van der Waals surface area contributed by atoms with Crippen LogP contribution in [0.15, 0.2) is 23.2 Å². The number of cyclic esters (lactones) is 1. The lowest BCUT2D eigenvalue weighted by Gasteiger charge is -2.37. The van der Waals surface area contributed by atoms with Crippen molar-refractivity contribution in [3.05, 3.63) is 24.0 Å². The molecule has 0 aromatic heterocycles. The second kappa shape index (κ2) is 8.97. The first-order chi connectivity index (χ1) is 14.2. The first-order valence-electron chi connectivity index (χ1n) is 9.72. The van der Waals surface area contributed by atoms with Crippen molar-refractivity contribution in [1.29, 1.82) is 0 Å². The number of isothiocyanates is 1. The maximum Gasteiger partial charge on any atom is 0.414 e. The molecule has 0 unspecified atom stereocenters. The van der Waals surface area contributed by atoms with Crippen LogP contribution >= 0.6 is 12.2 Å². The second-order valence-corrected chi connectivity index (χ2v) is 8.32. The fraction of sp³-hybridized carbons (Fsp3) is 0.550. The highest BCUT2D eigenvalue weighted by Gasteiger charge is 2.33. The summed E-state index contributed by atoms with van der Waals surface area (Å²) in [5.74, 6) is -0.439. The van der Waals surface area contributed by atoms with E-state index in [2.05, 4.69) is 22.4 Å². The standard InChI is InChI=1S/C20H25FN4O4S/c1-20(2,3)29-18(26)24-8-6-23(7-9-24)17-5-4-14(10-16(17)21)25-12-15(11-22-13-30)28-19(25)27/h4-5,10,15H,6-9,11-12H2,1-3H3/t15-/m0/s1. The van der Waals surface area contributed by atoms with Gasteiger partial charge in [0.05, 0.1) is 29.6 Å². The zero-order valence-corrected chi connectivity index (χ0v) is 18.1. The molecule has 162 valence electrons. The molecule has 2 amide bonds. The average molecular weight is 437 g/mol. The van der Waals surface area contributed by atoms with E-state index in [-0.39, 0.29) is 19.2 Å². The third-order valence-corrected chi connectivity index (χ3v) is 4.88. The van der Waals surface area contributed by atoms with Gasteiger partial charge in [-0.2, -0.15) is 0 Å². The number of anilines is 2. The lowest BCUT2D eigenvalue weighted by atomic mass is 10.2. The van der Waals surface area contributed by atoms with Crippen LogP contribution in [-0.2, 0) is 9.47 Å². The fourth-order valence-corrected chi connectivity index (χ4v) is 3.42. The third-order valence-electron chi connectivity index (χ3n) is 4.75. The number of benzene rings is 1. The van der Waals surface area contributed by atoms with Gasteiger partial charge in [0.15, 0.2) is 0 Å². The molecule has 10 heteroatoms. The minimum Gasteiger partial charge on any atom is -0.444 e. The molecule has 2 aliphatic rings. The van der Waals surface area contributed by atoms with Crippen LogP contribution < -0.4 is 9.80 Å². The number of rotatable bonds is 4. The molecular formula is C20H25FN4O4S. The first-order valence-corrected chi connectivity index (χ1v) is 10.1. The van der Waals surface area contributed by atoms with Gasteiger partial charge in [-0.3, -0.25) is 4.90 Å². The Labute approximate surface area is 180 Å². The molecule has 2 aliphatic heterocycles. The molecule has 1 aromatic carbocycles. The van der Waals surface area contributed by atoms with Crippen molar-refractivity contribution < 1.29 is 23.5 Å². The summed E-state index contributed by atoms with van der Waals surface area (Å²) in [6.45, 7) is 7.82. The molecule has 0 spiro atoms. The number of hydrogen-bond acceptors (Lipinski definition) is 7. The van der Waals surface area contributed by atoms with Crippen molar-refractivity contribution in [1.82, 2.24) is 4.90 Å². The van der Waals surface area contributed by atoms with Gasteiger partial charge in [-0.05, 0) is 51.2 Å². The predicted octanol–water partition coefficient (Wildman–Crippen LogP) is 3.31. The van der Waals surface area contributed by atoms with Crippen LogP contribution in [0.5, 0.6) is 0 Å². The summed E-state index contributed by atoms with van der Waals surface area (Å²) in [5.41, 5.74) is 0.293. The van der Waals surface area contributed by atoms with Crippen molar-refractivity contribution in [2.45, 2.75) is 32.5 Å². The molecule has 0 aliphatic carbocycles. The maximum absolute atomic E-state index is 14.8. The molecule has 0 saturated carbocycles. The van der Waals surface area contributed by atoms with Crippen LogP contribution in [0.3, 0.4) is 0 Å². The van der Waals surface area contributed by atoms with E-state index in [0.717, 1.165) is 0 Å². The molecule has 0 N–H and O–H groups in total. The zero-order chi connectivity index (χ0) is 21.9. The highest BCUT2D eigenvalue weighted by molar-refractivity contribution is 7.78. The van der Waals surface area contributed by atoms with Gasteiger partial charge < -0.3 is 19.3 Å². The maximum atomic E-state index is 14.8. The summed E-state index contributed by atoms with van der Waals surface area (Å²) in [7, 11) is 0. The van der Waals surface area contributed by atoms with Crippen LogP contribution in [0.2, 0.25) is 0 Å². The Bertz CT molecular complexity index is 861. The molecule has 1 aromatic rings. The summed E-state index contributed by atoms with van der Waals surface area (Å²) in [6.07, 6.45) is -1.34.